The van der Waals surface area contributed by atoms with Crippen LogP contribution in [0, 0.1) is 6.92 Å². The van der Waals surface area contributed by atoms with E-state index in [1.165, 1.54) is 0 Å². The normalized spacial score (nSPS) is 16.9. The fourth-order valence-electron chi connectivity index (χ4n) is 2.85. The number of nitrogens with zero attached hydrogens (tertiary/aromatic N) is 5. The van der Waals surface area contributed by atoms with Crippen LogP contribution in [0.15, 0.2) is 4.99 Å². The first-order chi connectivity index (χ1) is 13.6. The molecule has 1 aliphatic heterocycles. The number of hydrogen-bond donors (Lipinski definition) is 2. The molecule has 0 aromatic carbocycles. The van der Waals surface area contributed by atoms with Gasteiger partial charge < -0.3 is 15.2 Å². The average molecular weight is 567 g/mol. The van der Waals surface area contributed by atoms with Crippen molar-refractivity contribution in [3.63, 3.8) is 0 Å². The van der Waals surface area contributed by atoms with Crippen LogP contribution in [-0.4, -0.2) is 64.6 Å². The largest absolute Gasteiger partial charge is 0.511 e. The zero-order valence-electron chi connectivity index (χ0n) is 17.2. The number of aromatic nitrogens is 3. The Balaban J connectivity index is 0.00000450. The van der Waals surface area contributed by atoms with Gasteiger partial charge in [0, 0.05) is 32.7 Å². The molecule has 1 aromatic heterocycles. The summed E-state index contributed by atoms with van der Waals surface area (Å²) < 4.78 is 63.5. The van der Waals surface area contributed by atoms with Crippen molar-refractivity contribution in [3.8, 4) is 0 Å². The molecule has 0 radical (unpaired) electrons. The second-order valence-corrected chi connectivity index (χ2v) is 8.87. The topological polar surface area (TPSA) is 105 Å². The lowest BCUT2D eigenvalue weighted by atomic mass is 10.1. The third kappa shape index (κ3) is 6.93. The van der Waals surface area contributed by atoms with Gasteiger partial charge in [-0.2, -0.15) is 17.5 Å². The Labute approximate surface area is 192 Å². The number of nitrogens with one attached hydrogen (secondary N) is 2. The second kappa shape index (κ2) is 11.5. The van der Waals surface area contributed by atoms with Crippen molar-refractivity contribution in [3.05, 3.63) is 11.6 Å². The highest BCUT2D eigenvalue weighted by atomic mass is 127. The number of piperidine rings is 1. The van der Waals surface area contributed by atoms with E-state index in [1.54, 1.807) is 0 Å². The van der Waals surface area contributed by atoms with Crippen LogP contribution in [0.3, 0.4) is 0 Å². The lowest BCUT2D eigenvalue weighted by molar-refractivity contribution is -0.0494. The van der Waals surface area contributed by atoms with Crippen molar-refractivity contribution >= 4 is 40.0 Å². The van der Waals surface area contributed by atoms with Crippen LogP contribution in [0.1, 0.15) is 44.3 Å². The lowest BCUT2D eigenvalue weighted by Gasteiger charge is -2.32. The van der Waals surface area contributed by atoms with E-state index < -0.39 is 15.5 Å². The SMILES string of the molecule is CCCCNC(=NCc1nnc(C)n1C)NC1CCN(S(=O)(=O)C(F)(F)F)CC1.I. The molecule has 30 heavy (non-hydrogen) atoms. The number of aryl methyl sites for hydroxylation is 1. The van der Waals surface area contributed by atoms with Crippen molar-refractivity contribution < 1.29 is 21.6 Å². The Morgan fingerprint density at radius 3 is 2.40 bits per heavy atom. The van der Waals surface area contributed by atoms with Gasteiger partial charge in [0.1, 0.15) is 12.4 Å². The highest BCUT2D eigenvalue weighted by Crippen LogP contribution is 2.28. The third-order valence-corrected chi connectivity index (χ3v) is 6.44. The molecular weight excluding hydrogens is 538 g/mol. The number of sulfonamides is 1. The molecular formula is C16H29F3IN7O2S. The van der Waals surface area contributed by atoms with Crippen LogP contribution >= 0.6 is 24.0 Å². The summed E-state index contributed by atoms with van der Waals surface area (Å²) in [5, 5.41) is 14.4. The third-order valence-electron chi connectivity index (χ3n) is 4.81. The van der Waals surface area contributed by atoms with E-state index >= 15 is 0 Å². The zero-order chi connectivity index (χ0) is 21.7. The number of rotatable bonds is 7. The van der Waals surface area contributed by atoms with E-state index in [1.807, 2.05) is 18.5 Å². The quantitative estimate of drug-likeness (QED) is 0.226. The number of halogens is 4. The first kappa shape index (κ1) is 26.9. The molecule has 9 nitrogen and oxygen atoms in total. The number of aliphatic imine (C=N–C) groups is 1. The number of unbranched alkanes of at least 4 members (excludes halogenated alkanes) is 1. The lowest BCUT2D eigenvalue weighted by Crippen LogP contribution is -2.51. The fourth-order valence-corrected chi connectivity index (χ4v) is 3.84. The van der Waals surface area contributed by atoms with Crippen molar-refractivity contribution in [2.24, 2.45) is 12.0 Å². The van der Waals surface area contributed by atoms with Crippen molar-refractivity contribution in [1.29, 1.82) is 0 Å². The van der Waals surface area contributed by atoms with Crippen molar-refractivity contribution in [2.45, 2.75) is 57.6 Å². The molecule has 2 heterocycles. The molecule has 0 atom stereocenters. The van der Waals surface area contributed by atoms with E-state index in [0.29, 0.717) is 29.2 Å². The van der Waals surface area contributed by atoms with E-state index in [0.717, 1.165) is 18.7 Å². The Morgan fingerprint density at radius 1 is 1.27 bits per heavy atom. The molecule has 0 aliphatic carbocycles. The Morgan fingerprint density at radius 2 is 1.90 bits per heavy atom. The van der Waals surface area contributed by atoms with Crippen molar-refractivity contribution in [2.75, 3.05) is 19.6 Å². The first-order valence-corrected chi connectivity index (χ1v) is 11.0. The summed E-state index contributed by atoms with van der Waals surface area (Å²) in [6, 6.07) is -0.177. The Kier molecular flexibility index (Phi) is 10.3. The van der Waals surface area contributed by atoms with Gasteiger partial charge in [-0.3, -0.25) is 0 Å². The van der Waals surface area contributed by atoms with Gasteiger partial charge in [-0.05, 0) is 26.2 Å². The molecule has 0 spiro atoms. The van der Waals surface area contributed by atoms with Crippen LogP contribution in [-0.2, 0) is 23.6 Å². The van der Waals surface area contributed by atoms with E-state index in [9.17, 15) is 21.6 Å². The maximum Gasteiger partial charge on any atom is 0.511 e. The molecule has 1 aromatic rings. The summed E-state index contributed by atoms with van der Waals surface area (Å²) in [6.45, 7) is 4.50. The summed E-state index contributed by atoms with van der Waals surface area (Å²) in [7, 11) is -3.43. The number of alkyl halides is 3. The van der Waals surface area contributed by atoms with Crippen molar-refractivity contribution in [1.82, 2.24) is 29.7 Å². The smallest absolute Gasteiger partial charge is 0.356 e. The minimum Gasteiger partial charge on any atom is -0.356 e. The Bertz CT molecular complexity index is 806. The molecule has 0 amide bonds. The number of guanidine groups is 1. The summed E-state index contributed by atoms with van der Waals surface area (Å²) in [5.74, 6) is 1.98. The standard InChI is InChI=1S/C16H28F3N7O2S.HI/c1-4-5-8-20-15(21-11-14-24-23-12(2)25(14)3)22-13-6-9-26(10-7-13)29(27,28)16(17,18)19;/h13H,4-11H2,1-3H3,(H2,20,21,22);1H. The van der Waals surface area contributed by atoms with Crippen LogP contribution in [0.2, 0.25) is 0 Å². The maximum atomic E-state index is 12.7. The molecule has 0 bridgehead atoms. The van der Waals surface area contributed by atoms with Crippen LogP contribution < -0.4 is 10.6 Å². The summed E-state index contributed by atoms with van der Waals surface area (Å²) in [6.07, 6.45) is 2.45. The predicted octanol–water partition coefficient (Wildman–Crippen LogP) is 1.89. The maximum absolute atomic E-state index is 12.7. The minimum atomic E-state index is -5.28. The molecule has 0 unspecified atom stereocenters. The average Bonchev–Trinajstić information content (AvgIpc) is 2.97. The Hall–Kier alpha value is -1.16. The van der Waals surface area contributed by atoms with Gasteiger partial charge in [-0.1, -0.05) is 13.3 Å². The highest BCUT2D eigenvalue weighted by molar-refractivity contribution is 14.0. The van der Waals surface area contributed by atoms with E-state index in [-0.39, 0.29) is 55.9 Å². The molecule has 2 N–H and O–H groups in total. The van der Waals surface area contributed by atoms with Crippen LogP contribution in [0.5, 0.6) is 0 Å². The van der Waals surface area contributed by atoms with Gasteiger partial charge in [-0.25, -0.2) is 13.4 Å². The van der Waals surface area contributed by atoms with E-state index in [2.05, 4.69) is 32.7 Å². The van der Waals surface area contributed by atoms with Crippen LogP contribution in [0.25, 0.3) is 0 Å². The summed E-state index contributed by atoms with van der Waals surface area (Å²) >= 11 is 0. The van der Waals surface area contributed by atoms with Gasteiger partial charge in [0.15, 0.2) is 11.8 Å². The van der Waals surface area contributed by atoms with Gasteiger partial charge in [0.05, 0.1) is 0 Å². The van der Waals surface area contributed by atoms with Gasteiger partial charge in [0.25, 0.3) is 0 Å². The summed E-state index contributed by atoms with van der Waals surface area (Å²) in [4.78, 5) is 4.50. The molecule has 14 heteroatoms. The second-order valence-electron chi connectivity index (χ2n) is 6.94. The molecule has 0 saturated carbocycles. The van der Waals surface area contributed by atoms with Gasteiger partial charge in [-0.15, -0.1) is 34.2 Å². The molecule has 174 valence electrons. The monoisotopic (exact) mass is 567 g/mol. The molecule has 1 fully saturated rings. The molecule has 2 rings (SSSR count). The highest BCUT2D eigenvalue weighted by Gasteiger charge is 2.50. The predicted molar refractivity (Wildman–Crippen MR) is 118 cm³/mol. The summed E-state index contributed by atoms with van der Waals surface area (Å²) in [5.41, 5.74) is -5.27. The first-order valence-electron chi connectivity index (χ1n) is 9.52. The van der Waals surface area contributed by atoms with E-state index in [4.69, 9.17) is 0 Å². The van der Waals surface area contributed by atoms with Gasteiger partial charge >= 0.3 is 15.5 Å². The van der Waals surface area contributed by atoms with Crippen LogP contribution in [0.4, 0.5) is 13.2 Å². The molecule has 1 aliphatic rings. The fraction of sp³-hybridized carbons (Fsp3) is 0.812. The molecule has 1 saturated heterocycles. The zero-order valence-corrected chi connectivity index (χ0v) is 20.4. The van der Waals surface area contributed by atoms with Gasteiger partial charge in [0.2, 0.25) is 0 Å². The number of hydrogen-bond acceptors (Lipinski definition) is 5. The minimum absolute atomic E-state index is 0.